The molecule has 0 spiro atoms. The molecule has 1 aliphatic rings. The molecule has 19 heavy (non-hydrogen) atoms. The van der Waals surface area contributed by atoms with Crippen LogP contribution in [0.5, 0.6) is 0 Å². The van der Waals surface area contributed by atoms with Gasteiger partial charge in [-0.3, -0.25) is 4.79 Å². The van der Waals surface area contributed by atoms with Crippen molar-refractivity contribution in [2.45, 2.75) is 37.0 Å². The van der Waals surface area contributed by atoms with Crippen LogP contribution in [0.3, 0.4) is 0 Å². The quantitative estimate of drug-likeness (QED) is 0.918. The highest BCUT2D eigenvalue weighted by atomic mass is 35.5. The van der Waals surface area contributed by atoms with Crippen molar-refractivity contribution < 1.29 is 9.18 Å². The molecule has 1 N–H and O–H groups in total. The summed E-state index contributed by atoms with van der Waals surface area (Å²) in [5.74, 6) is -0.975. The molecule has 0 saturated heterocycles. The van der Waals surface area contributed by atoms with Gasteiger partial charge in [0.05, 0.1) is 10.6 Å². The van der Waals surface area contributed by atoms with Crippen LogP contribution in [0.25, 0.3) is 0 Å². The minimum Gasteiger partial charge on any atom is -0.349 e. The number of carbonyl (C=O) groups is 1. The molecule has 0 bridgehead atoms. The number of hydrogen-bond acceptors (Lipinski definition) is 2. The van der Waals surface area contributed by atoms with Gasteiger partial charge >= 0.3 is 0 Å². The maximum Gasteiger partial charge on any atom is 0.255 e. The van der Waals surface area contributed by atoms with Crippen LogP contribution in [0.15, 0.2) is 18.2 Å². The van der Waals surface area contributed by atoms with E-state index in [0.717, 1.165) is 19.3 Å². The number of carbonyl (C=O) groups excluding carboxylic acids is 1. The van der Waals surface area contributed by atoms with Gasteiger partial charge in [-0.05, 0) is 37.7 Å². The van der Waals surface area contributed by atoms with Gasteiger partial charge in [-0.2, -0.15) is 11.8 Å². The maximum absolute atomic E-state index is 13.6. The zero-order valence-corrected chi connectivity index (χ0v) is 12.4. The van der Waals surface area contributed by atoms with Crippen molar-refractivity contribution in [1.82, 2.24) is 5.32 Å². The summed E-state index contributed by atoms with van der Waals surface area (Å²) in [6, 6.07) is 4.41. The van der Waals surface area contributed by atoms with Crippen LogP contribution in [0, 0.1) is 5.82 Å². The molecule has 1 aliphatic carbocycles. The molecule has 104 valence electrons. The molecule has 1 aromatic rings. The normalized spacial score (nSPS) is 23.1. The highest BCUT2D eigenvalue weighted by Gasteiger charge is 2.24. The van der Waals surface area contributed by atoms with Crippen molar-refractivity contribution in [3.05, 3.63) is 34.6 Å². The van der Waals surface area contributed by atoms with Crippen LogP contribution >= 0.6 is 23.4 Å². The second-order valence-electron chi connectivity index (χ2n) is 4.79. The largest absolute Gasteiger partial charge is 0.349 e. The third kappa shape index (κ3) is 3.63. The van der Waals surface area contributed by atoms with E-state index in [1.165, 1.54) is 24.6 Å². The SMILES string of the molecule is CS[C@H]1CCC[C@@H](NC(=O)c2c(F)cccc2Cl)C1. The van der Waals surface area contributed by atoms with E-state index in [-0.39, 0.29) is 16.6 Å². The van der Waals surface area contributed by atoms with Gasteiger partial charge in [0.2, 0.25) is 0 Å². The number of hydrogen-bond donors (Lipinski definition) is 1. The first kappa shape index (κ1) is 14.7. The minimum absolute atomic E-state index is 0.0459. The zero-order valence-electron chi connectivity index (χ0n) is 10.8. The summed E-state index contributed by atoms with van der Waals surface area (Å²) >= 11 is 7.72. The molecule has 1 amide bonds. The Morgan fingerprint density at radius 1 is 1.47 bits per heavy atom. The minimum atomic E-state index is -0.567. The van der Waals surface area contributed by atoms with Gasteiger partial charge in [-0.1, -0.05) is 24.1 Å². The van der Waals surface area contributed by atoms with Crippen LogP contribution in [0.1, 0.15) is 36.0 Å². The van der Waals surface area contributed by atoms with E-state index >= 15 is 0 Å². The van der Waals surface area contributed by atoms with Crippen LogP contribution in [-0.4, -0.2) is 23.5 Å². The Balaban J connectivity index is 2.05. The number of benzene rings is 1. The lowest BCUT2D eigenvalue weighted by molar-refractivity contribution is 0.0924. The van der Waals surface area contributed by atoms with E-state index < -0.39 is 11.7 Å². The zero-order chi connectivity index (χ0) is 13.8. The third-order valence-corrected chi connectivity index (χ3v) is 4.89. The van der Waals surface area contributed by atoms with Gasteiger partial charge in [0.1, 0.15) is 5.82 Å². The molecule has 0 unspecified atom stereocenters. The Labute approximate surface area is 122 Å². The second kappa shape index (κ2) is 6.62. The first-order valence-electron chi connectivity index (χ1n) is 6.39. The second-order valence-corrected chi connectivity index (χ2v) is 6.34. The van der Waals surface area contributed by atoms with Crippen molar-refractivity contribution in [3.8, 4) is 0 Å². The summed E-state index contributed by atoms with van der Waals surface area (Å²) in [6.45, 7) is 0. The monoisotopic (exact) mass is 301 g/mol. The van der Waals surface area contributed by atoms with Gasteiger partial charge in [-0.25, -0.2) is 4.39 Å². The van der Waals surface area contributed by atoms with Crippen LogP contribution in [0.2, 0.25) is 5.02 Å². The first-order chi connectivity index (χ1) is 9.11. The first-order valence-corrected chi connectivity index (χ1v) is 8.06. The Bertz CT molecular complexity index is 449. The van der Waals surface area contributed by atoms with Crippen molar-refractivity contribution in [1.29, 1.82) is 0 Å². The topological polar surface area (TPSA) is 29.1 Å². The molecular formula is C14H17ClFNOS. The third-order valence-electron chi connectivity index (χ3n) is 3.48. The molecule has 1 aromatic carbocycles. The van der Waals surface area contributed by atoms with Gasteiger partial charge < -0.3 is 5.32 Å². The van der Waals surface area contributed by atoms with Gasteiger partial charge in [0.25, 0.3) is 5.91 Å². The van der Waals surface area contributed by atoms with Crippen LogP contribution < -0.4 is 5.32 Å². The Hall–Kier alpha value is -0.740. The number of nitrogens with one attached hydrogen (secondary N) is 1. The lowest BCUT2D eigenvalue weighted by Crippen LogP contribution is -2.39. The molecule has 2 nitrogen and oxygen atoms in total. The predicted molar refractivity (Wildman–Crippen MR) is 78.4 cm³/mol. The Morgan fingerprint density at radius 2 is 2.26 bits per heavy atom. The van der Waals surface area contributed by atoms with E-state index in [0.29, 0.717) is 5.25 Å². The fourth-order valence-electron chi connectivity index (χ4n) is 2.46. The summed E-state index contributed by atoms with van der Waals surface area (Å²) in [6.07, 6.45) is 6.27. The smallest absolute Gasteiger partial charge is 0.255 e. The summed E-state index contributed by atoms with van der Waals surface area (Å²) in [5, 5.41) is 3.65. The number of amides is 1. The highest BCUT2D eigenvalue weighted by Crippen LogP contribution is 2.27. The van der Waals surface area contributed by atoms with E-state index in [1.807, 2.05) is 11.8 Å². The average molecular weight is 302 g/mol. The standard InChI is InChI=1S/C14H17ClFNOS/c1-19-10-5-2-4-9(8-10)17-14(18)13-11(15)6-3-7-12(13)16/h3,6-7,9-10H,2,4-5,8H2,1H3,(H,17,18)/t9-,10+/m1/s1. The van der Waals surface area contributed by atoms with Gasteiger partial charge in [0, 0.05) is 11.3 Å². The molecule has 0 aromatic heterocycles. The van der Waals surface area contributed by atoms with Gasteiger partial charge in [0.15, 0.2) is 0 Å². The van der Waals surface area contributed by atoms with Crippen LogP contribution in [-0.2, 0) is 0 Å². The van der Waals surface area contributed by atoms with E-state index in [1.54, 1.807) is 0 Å². The fourth-order valence-corrected chi connectivity index (χ4v) is 3.54. The van der Waals surface area contributed by atoms with E-state index in [4.69, 9.17) is 11.6 Å². The molecule has 2 rings (SSSR count). The number of rotatable bonds is 3. The Morgan fingerprint density at radius 3 is 2.95 bits per heavy atom. The molecule has 1 saturated carbocycles. The molecule has 5 heteroatoms. The summed E-state index contributed by atoms with van der Waals surface area (Å²) < 4.78 is 13.6. The predicted octanol–water partition coefficient (Wildman–Crippen LogP) is 3.88. The molecule has 2 atom stereocenters. The van der Waals surface area contributed by atoms with Crippen molar-refractivity contribution in [2.75, 3.05) is 6.26 Å². The number of thioether (sulfide) groups is 1. The number of halogens is 2. The molecule has 0 radical (unpaired) electrons. The molecule has 1 fully saturated rings. The lowest BCUT2D eigenvalue weighted by Gasteiger charge is -2.28. The van der Waals surface area contributed by atoms with Crippen molar-refractivity contribution in [2.24, 2.45) is 0 Å². The lowest BCUT2D eigenvalue weighted by atomic mass is 9.94. The summed E-state index contributed by atoms with van der Waals surface area (Å²) in [4.78, 5) is 12.1. The molecular weight excluding hydrogens is 285 g/mol. The molecule has 0 heterocycles. The molecule has 0 aliphatic heterocycles. The summed E-state index contributed by atoms with van der Waals surface area (Å²) in [5.41, 5.74) is -0.0459. The Kier molecular flexibility index (Phi) is 5.11. The van der Waals surface area contributed by atoms with Gasteiger partial charge in [-0.15, -0.1) is 0 Å². The highest BCUT2D eigenvalue weighted by molar-refractivity contribution is 7.99. The van der Waals surface area contributed by atoms with E-state index in [2.05, 4.69) is 11.6 Å². The van der Waals surface area contributed by atoms with E-state index in [9.17, 15) is 9.18 Å². The van der Waals surface area contributed by atoms with Crippen molar-refractivity contribution >= 4 is 29.3 Å². The van der Waals surface area contributed by atoms with Crippen LogP contribution in [0.4, 0.5) is 4.39 Å². The maximum atomic E-state index is 13.6. The fraction of sp³-hybridized carbons (Fsp3) is 0.500. The van der Waals surface area contributed by atoms with Crippen molar-refractivity contribution in [3.63, 3.8) is 0 Å². The summed E-state index contributed by atoms with van der Waals surface area (Å²) in [7, 11) is 0. The average Bonchev–Trinajstić information content (AvgIpc) is 2.38.